The summed E-state index contributed by atoms with van der Waals surface area (Å²) in [6.45, 7) is 0.593. The van der Waals surface area contributed by atoms with Gasteiger partial charge in [-0.15, -0.1) is 11.3 Å². The second-order valence-electron chi connectivity index (χ2n) is 3.22. The van der Waals surface area contributed by atoms with E-state index in [0.717, 1.165) is 6.42 Å². The van der Waals surface area contributed by atoms with Gasteiger partial charge in [0.05, 0.1) is 0 Å². The van der Waals surface area contributed by atoms with Crippen LogP contribution in [-0.4, -0.2) is 6.54 Å². The summed E-state index contributed by atoms with van der Waals surface area (Å²) >= 11 is 1.89. The van der Waals surface area contributed by atoms with E-state index in [1.165, 1.54) is 29.7 Å². The highest BCUT2D eigenvalue weighted by atomic mass is 32.1. The Morgan fingerprint density at radius 2 is 2.46 bits per heavy atom. The molecule has 0 aromatic carbocycles. The molecule has 0 aliphatic heterocycles. The molecule has 1 aliphatic carbocycles. The van der Waals surface area contributed by atoms with Crippen LogP contribution in [-0.2, 0) is 19.3 Å². The number of azide groups is 1. The van der Waals surface area contributed by atoms with Crippen molar-refractivity contribution in [3.8, 4) is 0 Å². The summed E-state index contributed by atoms with van der Waals surface area (Å²) in [5.41, 5.74) is 9.65. The molecule has 1 aromatic rings. The van der Waals surface area contributed by atoms with Crippen LogP contribution < -0.4 is 0 Å². The van der Waals surface area contributed by atoms with Crippen molar-refractivity contribution in [2.75, 3.05) is 6.54 Å². The van der Waals surface area contributed by atoms with E-state index in [0.29, 0.717) is 6.54 Å². The molecule has 0 N–H and O–H groups in total. The minimum Gasteiger partial charge on any atom is -0.145 e. The Hall–Kier alpha value is -0.990. The Morgan fingerprint density at radius 3 is 3.23 bits per heavy atom. The number of hydrogen-bond acceptors (Lipinski definition) is 2. The van der Waals surface area contributed by atoms with Crippen molar-refractivity contribution in [1.82, 2.24) is 0 Å². The number of fused-ring (bicyclic) bond motifs is 1. The van der Waals surface area contributed by atoms with Gasteiger partial charge in [0.2, 0.25) is 0 Å². The maximum atomic E-state index is 8.12. The van der Waals surface area contributed by atoms with Crippen molar-refractivity contribution in [3.63, 3.8) is 0 Å². The molecule has 0 radical (unpaired) electrons. The standard InChI is InChI=1S/C9H11N3S/c10-12-11-5-4-8-6-7-2-1-3-9(7)13-8/h6H,1-5H2. The molecule has 68 valence electrons. The predicted molar refractivity (Wildman–Crippen MR) is 54.1 cm³/mol. The van der Waals surface area contributed by atoms with Crippen molar-refractivity contribution >= 4 is 11.3 Å². The van der Waals surface area contributed by atoms with Crippen molar-refractivity contribution in [2.45, 2.75) is 25.7 Å². The quantitative estimate of drug-likeness (QED) is 0.402. The number of rotatable bonds is 3. The number of nitrogens with zero attached hydrogens (tertiary/aromatic N) is 3. The fraction of sp³-hybridized carbons (Fsp3) is 0.556. The van der Waals surface area contributed by atoms with Crippen molar-refractivity contribution < 1.29 is 0 Å². The summed E-state index contributed by atoms with van der Waals surface area (Å²) < 4.78 is 0. The summed E-state index contributed by atoms with van der Waals surface area (Å²) in [5.74, 6) is 0. The molecule has 1 heterocycles. The summed E-state index contributed by atoms with van der Waals surface area (Å²) in [7, 11) is 0. The molecule has 0 fully saturated rings. The van der Waals surface area contributed by atoms with E-state index in [2.05, 4.69) is 16.1 Å². The largest absolute Gasteiger partial charge is 0.145 e. The minimum absolute atomic E-state index is 0.593. The molecular weight excluding hydrogens is 182 g/mol. The molecule has 13 heavy (non-hydrogen) atoms. The summed E-state index contributed by atoms with van der Waals surface area (Å²) in [6.07, 6.45) is 4.72. The molecule has 0 atom stereocenters. The van der Waals surface area contributed by atoms with Gasteiger partial charge in [-0.05, 0) is 42.8 Å². The Kier molecular flexibility index (Phi) is 2.52. The van der Waals surface area contributed by atoms with Gasteiger partial charge in [0, 0.05) is 21.2 Å². The van der Waals surface area contributed by atoms with Crippen LogP contribution in [0.2, 0.25) is 0 Å². The van der Waals surface area contributed by atoms with Gasteiger partial charge in [0.1, 0.15) is 0 Å². The molecule has 0 bridgehead atoms. The van der Waals surface area contributed by atoms with Crippen LogP contribution in [0.15, 0.2) is 11.2 Å². The van der Waals surface area contributed by atoms with Gasteiger partial charge in [-0.2, -0.15) is 0 Å². The Bertz CT molecular complexity index is 328. The Balaban J connectivity index is 2.02. The molecule has 1 aromatic heterocycles. The van der Waals surface area contributed by atoms with E-state index < -0.39 is 0 Å². The topological polar surface area (TPSA) is 48.8 Å². The Morgan fingerprint density at radius 1 is 1.54 bits per heavy atom. The van der Waals surface area contributed by atoms with E-state index in [-0.39, 0.29) is 0 Å². The van der Waals surface area contributed by atoms with Crippen LogP contribution in [0, 0.1) is 0 Å². The van der Waals surface area contributed by atoms with E-state index in [1.807, 2.05) is 11.3 Å². The fourth-order valence-electron chi connectivity index (χ4n) is 1.72. The van der Waals surface area contributed by atoms with Crippen LogP contribution >= 0.6 is 11.3 Å². The van der Waals surface area contributed by atoms with E-state index in [9.17, 15) is 0 Å². The van der Waals surface area contributed by atoms with Gasteiger partial charge in [-0.25, -0.2) is 0 Å². The lowest BCUT2D eigenvalue weighted by atomic mass is 10.2. The average molecular weight is 193 g/mol. The lowest BCUT2D eigenvalue weighted by Gasteiger charge is -1.90. The van der Waals surface area contributed by atoms with Crippen molar-refractivity contribution in [1.29, 1.82) is 0 Å². The predicted octanol–water partition coefficient (Wildman–Crippen LogP) is 3.09. The zero-order valence-electron chi connectivity index (χ0n) is 7.36. The van der Waals surface area contributed by atoms with Crippen molar-refractivity contribution in [2.24, 2.45) is 5.11 Å². The summed E-state index contributed by atoms with van der Waals surface area (Å²) in [6, 6.07) is 2.28. The first-order valence-electron chi connectivity index (χ1n) is 4.51. The van der Waals surface area contributed by atoms with E-state index in [4.69, 9.17) is 5.53 Å². The smallest absolute Gasteiger partial charge is 0.0306 e. The Labute approximate surface area is 81.0 Å². The number of aryl methyl sites for hydroxylation is 2. The third-order valence-corrected chi connectivity index (χ3v) is 3.62. The fourth-order valence-corrected chi connectivity index (χ4v) is 2.97. The van der Waals surface area contributed by atoms with Gasteiger partial charge >= 0.3 is 0 Å². The zero-order valence-corrected chi connectivity index (χ0v) is 8.18. The highest BCUT2D eigenvalue weighted by Crippen LogP contribution is 2.30. The number of hydrogen-bond donors (Lipinski definition) is 0. The molecule has 0 amide bonds. The lowest BCUT2D eigenvalue weighted by molar-refractivity contribution is 0.910. The molecule has 0 unspecified atom stereocenters. The molecule has 0 saturated carbocycles. The maximum absolute atomic E-state index is 8.12. The number of thiophene rings is 1. The minimum atomic E-state index is 0.593. The molecule has 1 aliphatic rings. The van der Waals surface area contributed by atoms with E-state index in [1.54, 1.807) is 4.88 Å². The van der Waals surface area contributed by atoms with Gasteiger partial charge < -0.3 is 0 Å². The van der Waals surface area contributed by atoms with Crippen LogP contribution in [0.3, 0.4) is 0 Å². The van der Waals surface area contributed by atoms with Crippen molar-refractivity contribution in [3.05, 3.63) is 31.8 Å². The molecule has 0 spiro atoms. The zero-order chi connectivity index (χ0) is 9.10. The van der Waals surface area contributed by atoms with E-state index >= 15 is 0 Å². The molecule has 4 heteroatoms. The maximum Gasteiger partial charge on any atom is 0.0306 e. The highest BCUT2D eigenvalue weighted by Gasteiger charge is 2.13. The second-order valence-corrected chi connectivity index (χ2v) is 4.44. The first kappa shape index (κ1) is 8.60. The van der Waals surface area contributed by atoms with Gasteiger partial charge in [0.25, 0.3) is 0 Å². The third kappa shape index (κ3) is 1.85. The summed E-state index contributed by atoms with van der Waals surface area (Å²) in [4.78, 5) is 5.67. The highest BCUT2D eigenvalue weighted by molar-refractivity contribution is 7.12. The van der Waals surface area contributed by atoms with Crippen LogP contribution in [0.25, 0.3) is 10.4 Å². The molecular formula is C9H11N3S. The average Bonchev–Trinajstić information content (AvgIpc) is 2.64. The van der Waals surface area contributed by atoms with Gasteiger partial charge in [0.15, 0.2) is 0 Å². The molecule has 2 rings (SSSR count). The van der Waals surface area contributed by atoms with Crippen LogP contribution in [0.5, 0.6) is 0 Å². The first-order chi connectivity index (χ1) is 6.40. The third-order valence-electron chi connectivity index (χ3n) is 2.32. The van der Waals surface area contributed by atoms with Crippen LogP contribution in [0.1, 0.15) is 21.7 Å². The normalized spacial score (nSPS) is 13.8. The first-order valence-corrected chi connectivity index (χ1v) is 5.33. The lowest BCUT2D eigenvalue weighted by Crippen LogP contribution is -1.83. The summed E-state index contributed by atoms with van der Waals surface area (Å²) in [5, 5.41) is 3.54. The monoisotopic (exact) mass is 193 g/mol. The molecule has 3 nitrogen and oxygen atoms in total. The SMILES string of the molecule is [N-]=[N+]=NCCc1cc2c(s1)CCC2. The van der Waals surface area contributed by atoms with Crippen LogP contribution in [0.4, 0.5) is 0 Å². The van der Waals surface area contributed by atoms with Gasteiger partial charge in [-0.1, -0.05) is 5.11 Å². The second kappa shape index (κ2) is 3.81. The van der Waals surface area contributed by atoms with Gasteiger partial charge in [-0.3, -0.25) is 0 Å². The molecule has 0 saturated heterocycles.